The maximum atomic E-state index is 14.5. The Kier molecular flexibility index (Phi) is 10.9. The third-order valence-corrected chi connectivity index (χ3v) is 12.5. The monoisotopic (exact) mass is 673 g/mol. The van der Waals surface area contributed by atoms with Crippen molar-refractivity contribution in [3.63, 3.8) is 0 Å². The third-order valence-electron chi connectivity index (χ3n) is 12.5. The van der Waals surface area contributed by atoms with E-state index in [4.69, 9.17) is 10.8 Å². The molecule has 266 valence electrons. The number of imide groups is 1. The second-order valence-corrected chi connectivity index (χ2v) is 15.7. The van der Waals surface area contributed by atoms with Crippen LogP contribution in [-0.4, -0.2) is 39.9 Å². The standard InChI is InChI=1S/C40H55N3O6/c1-5-6-7-19-38(2,28-13-9-25-11-15-30(44)23-27(25)22-28)36(48)43-37(49)40(4)21-8-20-39(3)31-24-29(14-10-26(31)12-17-33(39)40)42-35(47)32(41)16-18-34(45)46/h10-11,14-15,23-24,28,32-33,44H,5-9,12-13,16-22,41H2,1-4H3,(H,42,47)(H,45,46)(H,43,48,49)/t28-,32+,33-,38?,39-,40+/m1/s1. The number of carbonyl (C=O) groups excluding carboxylic acids is 3. The summed E-state index contributed by atoms with van der Waals surface area (Å²) in [6.45, 7) is 8.44. The Balaban J connectivity index is 1.36. The number of phenols is 1. The van der Waals surface area contributed by atoms with E-state index in [2.05, 4.69) is 24.5 Å². The van der Waals surface area contributed by atoms with E-state index in [1.165, 1.54) is 11.1 Å². The molecule has 9 nitrogen and oxygen atoms in total. The van der Waals surface area contributed by atoms with Gasteiger partial charge in [-0.1, -0.05) is 65.5 Å². The van der Waals surface area contributed by atoms with Crippen LogP contribution in [0, 0.1) is 22.7 Å². The zero-order valence-corrected chi connectivity index (χ0v) is 29.7. The van der Waals surface area contributed by atoms with E-state index >= 15 is 0 Å². The highest BCUT2D eigenvalue weighted by atomic mass is 16.4. The Bertz CT molecular complexity index is 1590. The number of fused-ring (bicyclic) bond motifs is 4. The van der Waals surface area contributed by atoms with E-state index in [1.807, 2.05) is 44.2 Å². The summed E-state index contributed by atoms with van der Waals surface area (Å²) < 4.78 is 0. The van der Waals surface area contributed by atoms with Crippen LogP contribution in [0.15, 0.2) is 36.4 Å². The molecule has 3 aliphatic carbocycles. The van der Waals surface area contributed by atoms with Crippen molar-refractivity contribution < 1.29 is 29.4 Å². The second kappa shape index (κ2) is 14.6. The summed E-state index contributed by atoms with van der Waals surface area (Å²) in [5.74, 6) is -1.51. The number of aryl methyl sites for hydroxylation is 2. The molecule has 6 N–H and O–H groups in total. The van der Waals surface area contributed by atoms with Crippen molar-refractivity contribution in [2.75, 3.05) is 5.32 Å². The molecular formula is C40H55N3O6. The average Bonchev–Trinajstić information content (AvgIpc) is 3.06. The smallest absolute Gasteiger partial charge is 0.303 e. The molecule has 9 heteroatoms. The minimum atomic E-state index is -0.996. The largest absolute Gasteiger partial charge is 0.508 e. The number of hydrogen-bond acceptors (Lipinski definition) is 6. The highest BCUT2D eigenvalue weighted by Crippen LogP contribution is 2.58. The number of phenolic OH excluding ortho intramolecular Hbond substituents is 1. The summed E-state index contributed by atoms with van der Waals surface area (Å²) in [6, 6.07) is 10.5. The van der Waals surface area contributed by atoms with Crippen molar-refractivity contribution in [2.24, 2.45) is 28.4 Å². The molecule has 5 rings (SSSR count). The number of carboxylic acid groups (broad SMARTS) is 1. The number of anilines is 1. The lowest BCUT2D eigenvalue weighted by molar-refractivity contribution is -0.148. The number of carbonyl (C=O) groups is 4. The number of nitrogens with one attached hydrogen (secondary N) is 2. The van der Waals surface area contributed by atoms with Crippen LogP contribution in [0.4, 0.5) is 5.69 Å². The molecule has 1 fully saturated rings. The molecule has 0 saturated heterocycles. The molecular weight excluding hydrogens is 618 g/mol. The van der Waals surface area contributed by atoms with Crippen LogP contribution in [0.1, 0.15) is 121 Å². The molecule has 1 saturated carbocycles. The molecule has 0 aliphatic heterocycles. The SMILES string of the molecule is CCCCCC(C)(C(=O)NC(=O)[C@@]1(C)CCC[C@]2(C)c3cc(NC(=O)[C@@H](N)CCC(=O)O)ccc3CC[C@@H]12)[C@@H]1CCc2ccc(O)cc2C1. The van der Waals surface area contributed by atoms with Crippen molar-refractivity contribution in [2.45, 2.75) is 129 Å². The van der Waals surface area contributed by atoms with E-state index in [-0.39, 0.29) is 47.7 Å². The molecule has 3 aliphatic rings. The Hall–Kier alpha value is -3.72. The molecule has 0 spiro atoms. The lowest BCUT2D eigenvalue weighted by Crippen LogP contribution is -2.58. The third kappa shape index (κ3) is 7.42. The fraction of sp³-hybridized carbons (Fsp3) is 0.600. The minimum Gasteiger partial charge on any atom is -0.508 e. The predicted molar refractivity (Wildman–Crippen MR) is 190 cm³/mol. The van der Waals surface area contributed by atoms with Gasteiger partial charge in [0.1, 0.15) is 5.75 Å². The van der Waals surface area contributed by atoms with Gasteiger partial charge < -0.3 is 21.3 Å². The van der Waals surface area contributed by atoms with E-state index in [9.17, 15) is 24.3 Å². The first kappa shape index (κ1) is 36.6. The summed E-state index contributed by atoms with van der Waals surface area (Å²) in [5.41, 5.74) is 9.37. The first-order chi connectivity index (χ1) is 23.2. The molecule has 0 radical (unpaired) electrons. The van der Waals surface area contributed by atoms with Gasteiger partial charge in [0.15, 0.2) is 0 Å². The summed E-state index contributed by atoms with van der Waals surface area (Å²) >= 11 is 0. The zero-order valence-electron chi connectivity index (χ0n) is 29.7. The van der Waals surface area contributed by atoms with Crippen LogP contribution in [0.5, 0.6) is 5.75 Å². The number of aromatic hydroxyl groups is 1. The van der Waals surface area contributed by atoms with Gasteiger partial charge in [0.25, 0.3) is 0 Å². The second-order valence-electron chi connectivity index (χ2n) is 15.7. The number of benzene rings is 2. The Morgan fingerprint density at radius 2 is 1.73 bits per heavy atom. The van der Waals surface area contributed by atoms with Crippen LogP contribution in [0.25, 0.3) is 0 Å². The number of aliphatic carboxylic acids is 1. The number of nitrogens with two attached hydrogens (primary N) is 1. The first-order valence-electron chi connectivity index (χ1n) is 18.3. The van der Waals surface area contributed by atoms with E-state index in [0.29, 0.717) is 24.9 Å². The highest BCUT2D eigenvalue weighted by Gasteiger charge is 2.56. The predicted octanol–water partition coefficient (Wildman–Crippen LogP) is 6.57. The number of amides is 3. The number of carboxylic acids is 1. The van der Waals surface area contributed by atoms with Crippen LogP contribution in [0.3, 0.4) is 0 Å². The molecule has 6 atom stereocenters. The van der Waals surface area contributed by atoms with E-state index in [1.54, 1.807) is 6.07 Å². The Morgan fingerprint density at radius 1 is 1.00 bits per heavy atom. The maximum Gasteiger partial charge on any atom is 0.303 e. The molecule has 49 heavy (non-hydrogen) atoms. The number of hydrogen-bond donors (Lipinski definition) is 5. The van der Waals surface area contributed by atoms with Gasteiger partial charge in [-0.25, -0.2) is 0 Å². The van der Waals surface area contributed by atoms with Crippen molar-refractivity contribution in [3.05, 3.63) is 58.7 Å². The van der Waals surface area contributed by atoms with Gasteiger partial charge >= 0.3 is 5.97 Å². The van der Waals surface area contributed by atoms with Crippen molar-refractivity contribution in [1.29, 1.82) is 0 Å². The molecule has 0 aromatic heterocycles. The van der Waals surface area contributed by atoms with Crippen LogP contribution >= 0.6 is 0 Å². The Labute approximate surface area is 290 Å². The zero-order chi connectivity index (χ0) is 35.6. The number of rotatable bonds is 12. The van der Waals surface area contributed by atoms with Crippen molar-refractivity contribution >= 4 is 29.4 Å². The summed E-state index contributed by atoms with van der Waals surface area (Å²) in [5, 5.41) is 25.0. The molecule has 2 aromatic carbocycles. The van der Waals surface area contributed by atoms with E-state index < -0.39 is 28.7 Å². The lowest BCUT2D eigenvalue weighted by atomic mass is 9.49. The first-order valence-corrected chi connectivity index (χ1v) is 18.3. The topological polar surface area (TPSA) is 159 Å². The van der Waals surface area contributed by atoms with Crippen molar-refractivity contribution in [3.8, 4) is 5.75 Å². The molecule has 3 amide bonds. The van der Waals surface area contributed by atoms with Crippen LogP contribution < -0.4 is 16.4 Å². The van der Waals surface area contributed by atoms with Gasteiger partial charge in [0.2, 0.25) is 17.7 Å². The molecule has 1 unspecified atom stereocenters. The fourth-order valence-corrected chi connectivity index (χ4v) is 9.38. The van der Waals surface area contributed by atoms with Crippen molar-refractivity contribution in [1.82, 2.24) is 5.32 Å². The average molecular weight is 674 g/mol. The van der Waals surface area contributed by atoms with Crippen LogP contribution in [0.2, 0.25) is 0 Å². The normalized spacial score (nSPS) is 26.2. The van der Waals surface area contributed by atoms with Crippen LogP contribution in [-0.2, 0) is 43.9 Å². The van der Waals surface area contributed by atoms with Gasteiger partial charge in [-0.05, 0) is 122 Å². The minimum absolute atomic E-state index is 0.00583. The summed E-state index contributed by atoms with van der Waals surface area (Å²) in [7, 11) is 0. The Morgan fingerprint density at radius 3 is 2.47 bits per heavy atom. The van der Waals surface area contributed by atoms with Gasteiger partial charge in [-0.2, -0.15) is 0 Å². The number of unbranched alkanes of at least 4 members (excludes halogenated alkanes) is 2. The molecule has 0 heterocycles. The highest BCUT2D eigenvalue weighted by molar-refractivity contribution is 6.00. The molecule has 2 aromatic rings. The lowest BCUT2D eigenvalue weighted by Gasteiger charge is -2.54. The van der Waals surface area contributed by atoms with Gasteiger partial charge in [0.05, 0.1) is 11.5 Å². The van der Waals surface area contributed by atoms with Gasteiger partial charge in [-0.15, -0.1) is 0 Å². The summed E-state index contributed by atoms with van der Waals surface area (Å²) in [6.07, 6.45) is 9.99. The molecule has 0 bridgehead atoms. The summed E-state index contributed by atoms with van der Waals surface area (Å²) in [4.78, 5) is 52.6. The van der Waals surface area contributed by atoms with Gasteiger partial charge in [-0.3, -0.25) is 24.5 Å². The maximum absolute atomic E-state index is 14.5. The fourth-order valence-electron chi connectivity index (χ4n) is 9.38. The quantitative estimate of drug-likeness (QED) is 0.160. The van der Waals surface area contributed by atoms with E-state index in [0.717, 1.165) is 68.9 Å². The van der Waals surface area contributed by atoms with Gasteiger partial charge in [0, 0.05) is 17.5 Å².